The summed E-state index contributed by atoms with van der Waals surface area (Å²) in [7, 11) is 3.94. The van der Waals surface area contributed by atoms with E-state index in [1.807, 2.05) is 0 Å². The van der Waals surface area contributed by atoms with E-state index in [2.05, 4.69) is 59.4 Å². The molecule has 2 rings (SSSR count). The minimum absolute atomic E-state index is 0.633. The average molecular weight is 347 g/mol. The summed E-state index contributed by atoms with van der Waals surface area (Å²) in [6, 6.07) is 10.6. The number of ether oxygens (including phenoxy) is 1. The Kier molecular flexibility index (Phi) is 8.60. The van der Waals surface area contributed by atoms with Gasteiger partial charge in [-0.3, -0.25) is 4.99 Å². The molecule has 1 aliphatic heterocycles. The van der Waals surface area contributed by atoms with Crippen molar-refractivity contribution in [2.75, 3.05) is 58.4 Å². The highest BCUT2D eigenvalue weighted by atomic mass is 16.5. The zero-order valence-electron chi connectivity index (χ0n) is 16.1. The zero-order chi connectivity index (χ0) is 17.9. The Bertz CT molecular complexity index is 506. The predicted molar refractivity (Wildman–Crippen MR) is 106 cm³/mol. The normalized spacial score (nSPS) is 17.8. The molecule has 1 atom stereocenters. The summed E-state index contributed by atoms with van der Waals surface area (Å²) in [5, 5.41) is 3.44. The first-order chi connectivity index (χ1) is 12.2. The molecular formula is C20H34N4O. The van der Waals surface area contributed by atoms with Gasteiger partial charge in [0.05, 0.1) is 6.61 Å². The van der Waals surface area contributed by atoms with E-state index in [0.29, 0.717) is 5.92 Å². The molecule has 0 radical (unpaired) electrons. The molecule has 0 aliphatic carbocycles. The Morgan fingerprint density at radius 3 is 2.84 bits per heavy atom. The summed E-state index contributed by atoms with van der Waals surface area (Å²) in [5.41, 5.74) is 1.28. The largest absolute Gasteiger partial charge is 0.384 e. The molecule has 5 nitrogen and oxygen atoms in total. The van der Waals surface area contributed by atoms with E-state index >= 15 is 0 Å². The molecule has 140 valence electrons. The Morgan fingerprint density at radius 2 is 2.12 bits per heavy atom. The van der Waals surface area contributed by atoms with Crippen LogP contribution in [0.1, 0.15) is 26.2 Å². The second kappa shape index (κ2) is 11.0. The number of hydrogen-bond acceptors (Lipinski definition) is 3. The maximum Gasteiger partial charge on any atom is 0.193 e. The Morgan fingerprint density at radius 1 is 1.32 bits per heavy atom. The molecule has 1 saturated heterocycles. The number of rotatable bonds is 9. The van der Waals surface area contributed by atoms with Crippen LogP contribution in [-0.2, 0) is 4.74 Å². The number of methoxy groups -OCH3 is 1. The maximum atomic E-state index is 5.29. The topological polar surface area (TPSA) is 40.1 Å². The van der Waals surface area contributed by atoms with Gasteiger partial charge in [0.25, 0.3) is 0 Å². The van der Waals surface area contributed by atoms with Gasteiger partial charge < -0.3 is 19.9 Å². The third-order valence-electron chi connectivity index (χ3n) is 4.68. The second-order valence-corrected chi connectivity index (χ2v) is 6.76. The van der Waals surface area contributed by atoms with Gasteiger partial charge in [0.1, 0.15) is 0 Å². The van der Waals surface area contributed by atoms with Crippen molar-refractivity contribution in [3.8, 4) is 0 Å². The van der Waals surface area contributed by atoms with Crippen molar-refractivity contribution < 1.29 is 4.74 Å². The summed E-state index contributed by atoms with van der Waals surface area (Å²) < 4.78 is 5.29. The van der Waals surface area contributed by atoms with E-state index in [9.17, 15) is 0 Å². The van der Waals surface area contributed by atoms with E-state index in [0.717, 1.165) is 58.1 Å². The van der Waals surface area contributed by atoms with Crippen LogP contribution in [0.3, 0.4) is 0 Å². The summed E-state index contributed by atoms with van der Waals surface area (Å²) in [5.74, 6) is 1.70. The van der Waals surface area contributed by atoms with Crippen LogP contribution >= 0.6 is 0 Å². The molecule has 0 aromatic heterocycles. The number of likely N-dealkylation sites (tertiary alicyclic amines) is 1. The molecule has 1 aromatic carbocycles. The lowest BCUT2D eigenvalue weighted by Crippen LogP contribution is -2.40. The number of unbranched alkanes of at least 4 members (excludes halogenated alkanes) is 1. The van der Waals surface area contributed by atoms with Crippen LogP contribution in [0.2, 0.25) is 0 Å². The number of benzene rings is 1. The van der Waals surface area contributed by atoms with Gasteiger partial charge in [0.15, 0.2) is 5.96 Å². The highest BCUT2D eigenvalue weighted by Crippen LogP contribution is 2.16. The number of nitrogens with zero attached hydrogens (tertiary/aromatic N) is 3. The number of hydrogen-bond donors (Lipinski definition) is 1. The minimum Gasteiger partial charge on any atom is -0.384 e. The van der Waals surface area contributed by atoms with Crippen molar-refractivity contribution in [2.45, 2.75) is 26.2 Å². The fourth-order valence-electron chi connectivity index (χ4n) is 3.28. The smallest absolute Gasteiger partial charge is 0.193 e. The predicted octanol–water partition coefficient (Wildman–Crippen LogP) is 2.84. The summed E-state index contributed by atoms with van der Waals surface area (Å²) in [6.07, 6.45) is 3.46. The van der Waals surface area contributed by atoms with Crippen LogP contribution in [0.4, 0.5) is 5.69 Å². The van der Waals surface area contributed by atoms with Gasteiger partial charge in [-0.1, -0.05) is 18.2 Å². The van der Waals surface area contributed by atoms with Crippen LogP contribution in [0, 0.1) is 5.92 Å². The molecule has 0 bridgehead atoms. The lowest BCUT2D eigenvalue weighted by atomic mass is 10.1. The van der Waals surface area contributed by atoms with Gasteiger partial charge in [0, 0.05) is 58.5 Å². The van der Waals surface area contributed by atoms with Gasteiger partial charge in [-0.15, -0.1) is 0 Å². The number of para-hydroxylation sites is 1. The minimum atomic E-state index is 0.633. The van der Waals surface area contributed by atoms with Gasteiger partial charge in [-0.05, 0) is 38.3 Å². The molecule has 0 spiro atoms. The molecule has 25 heavy (non-hydrogen) atoms. The lowest BCUT2D eigenvalue weighted by molar-refractivity contribution is 0.157. The maximum absolute atomic E-state index is 5.29. The fourth-order valence-corrected chi connectivity index (χ4v) is 3.28. The summed E-state index contributed by atoms with van der Waals surface area (Å²) >= 11 is 0. The van der Waals surface area contributed by atoms with E-state index in [-0.39, 0.29) is 0 Å². The first-order valence-electron chi connectivity index (χ1n) is 9.53. The van der Waals surface area contributed by atoms with Gasteiger partial charge in [-0.25, -0.2) is 0 Å². The molecule has 1 aliphatic rings. The molecule has 1 N–H and O–H groups in total. The number of aliphatic imine (C=N–C) groups is 1. The van der Waals surface area contributed by atoms with E-state index in [1.54, 1.807) is 7.11 Å². The molecule has 0 amide bonds. The van der Waals surface area contributed by atoms with Crippen molar-refractivity contribution >= 4 is 11.6 Å². The first kappa shape index (κ1) is 19.6. The number of nitrogens with one attached hydrogen (secondary N) is 1. The lowest BCUT2D eigenvalue weighted by Gasteiger charge is -2.22. The molecule has 5 heteroatoms. The van der Waals surface area contributed by atoms with E-state index < -0.39 is 0 Å². The molecule has 1 aromatic rings. The third-order valence-corrected chi connectivity index (χ3v) is 4.68. The quantitative estimate of drug-likeness (QED) is 0.424. The van der Waals surface area contributed by atoms with Gasteiger partial charge in [-0.2, -0.15) is 0 Å². The zero-order valence-corrected chi connectivity index (χ0v) is 16.1. The first-order valence-corrected chi connectivity index (χ1v) is 9.53. The second-order valence-electron chi connectivity index (χ2n) is 6.76. The van der Waals surface area contributed by atoms with Crippen LogP contribution in [0.25, 0.3) is 0 Å². The highest BCUT2D eigenvalue weighted by molar-refractivity contribution is 5.80. The van der Waals surface area contributed by atoms with Crippen LogP contribution in [-0.4, -0.2) is 64.3 Å². The van der Waals surface area contributed by atoms with Crippen molar-refractivity contribution in [1.29, 1.82) is 0 Å². The van der Waals surface area contributed by atoms with E-state index in [1.165, 1.54) is 12.1 Å². The molecule has 0 saturated carbocycles. The van der Waals surface area contributed by atoms with Gasteiger partial charge >= 0.3 is 0 Å². The standard InChI is InChI=1S/C20H34N4O/c1-4-21-20(24-15-12-18(16-24)17-25-3)22-13-8-9-14-23(2)19-10-6-5-7-11-19/h5-7,10-11,18H,4,8-9,12-17H2,1-3H3,(H,21,22). The van der Waals surface area contributed by atoms with Crippen molar-refractivity contribution in [1.82, 2.24) is 10.2 Å². The Hall–Kier alpha value is -1.75. The third kappa shape index (κ3) is 6.58. The Labute approximate surface area is 153 Å². The fraction of sp³-hybridized carbons (Fsp3) is 0.650. The number of guanidine groups is 1. The summed E-state index contributed by atoms with van der Waals surface area (Å²) in [4.78, 5) is 9.52. The van der Waals surface area contributed by atoms with E-state index in [4.69, 9.17) is 9.73 Å². The molecule has 1 heterocycles. The van der Waals surface area contributed by atoms with Gasteiger partial charge in [0.2, 0.25) is 0 Å². The highest BCUT2D eigenvalue weighted by Gasteiger charge is 2.24. The Balaban J connectivity index is 1.72. The van der Waals surface area contributed by atoms with Crippen LogP contribution in [0.5, 0.6) is 0 Å². The van der Waals surface area contributed by atoms with Crippen molar-refractivity contribution in [3.63, 3.8) is 0 Å². The SMILES string of the molecule is CCNC(=NCCCCN(C)c1ccccc1)N1CCC(COC)C1. The summed E-state index contributed by atoms with van der Waals surface area (Å²) in [6.45, 7) is 7.98. The number of anilines is 1. The van der Waals surface area contributed by atoms with Crippen molar-refractivity contribution in [3.05, 3.63) is 30.3 Å². The van der Waals surface area contributed by atoms with Crippen LogP contribution in [0.15, 0.2) is 35.3 Å². The molecular weight excluding hydrogens is 312 g/mol. The average Bonchev–Trinajstić information content (AvgIpc) is 3.10. The molecule has 1 unspecified atom stereocenters. The monoisotopic (exact) mass is 346 g/mol. The van der Waals surface area contributed by atoms with Crippen molar-refractivity contribution in [2.24, 2.45) is 10.9 Å². The van der Waals surface area contributed by atoms with Crippen LogP contribution < -0.4 is 10.2 Å². The molecule has 1 fully saturated rings.